The zero-order valence-electron chi connectivity index (χ0n) is 5.83. The molecule has 10 heavy (non-hydrogen) atoms. The summed E-state index contributed by atoms with van der Waals surface area (Å²) in [5, 5.41) is 0. The molecule has 0 bridgehead atoms. The highest BCUT2D eigenvalue weighted by Crippen LogP contribution is 1.93. The number of nitrogens with zero attached hydrogens (tertiary/aromatic N) is 2. The van der Waals surface area contributed by atoms with Crippen molar-refractivity contribution in [1.29, 1.82) is 0 Å². The van der Waals surface area contributed by atoms with E-state index in [2.05, 4.69) is 15.9 Å². The topological polar surface area (TPSA) is 25.8 Å². The van der Waals surface area contributed by atoms with E-state index in [1.807, 2.05) is 6.92 Å². The molecule has 0 atom stereocenters. The summed E-state index contributed by atoms with van der Waals surface area (Å²) in [5.74, 6) is 3.25. The predicted octanol–water partition coefficient (Wildman–Crippen LogP) is 1.02. The van der Waals surface area contributed by atoms with Crippen LogP contribution in [-0.4, -0.2) is 9.97 Å². The van der Waals surface area contributed by atoms with Crippen molar-refractivity contribution < 1.29 is 0 Å². The lowest BCUT2D eigenvalue weighted by Crippen LogP contribution is -1.93. The van der Waals surface area contributed by atoms with Gasteiger partial charge in [-0.1, -0.05) is 12.8 Å². The Bertz CT molecular complexity index is 260. The fraction of sp³-hybridized carbons (Fsp3) is 0.250. The van der Waals surface area contributed by atoms with E-state index in [1.165, 1.54) is 0 Å². The van der Waals surface area contributed by atoms with Gasteiger partial charge in [-0.25, -0.2) is 9.97 Å². The van der Waals surface area contributed by atoms with Gasteiger partial charge in [0.15, 0.2) is 0 Å². The SMILES string of the molecule is C#Cc1ccnc(CC)n1. The van der Waals surface area contributed by atoms with Crippen molar-refractivity contribution in [3.05, 3.63) is 23.8 Å². The van der Waals surface area contributed by atoms with E-state index in [-0.39, 0.29) is 0 Å². The van der Waals surface area contributed by atoms with Crippen LogP contribution in [0.15, 0.2) is 12.3 Å². The van der Waals surface area contributed by atoms with Gasteiger partial charge in [0.05, 0.1) is 0 Å². The first-order valence-electron chi connectivity index (χ1n) is 3.15. The number of terminal acetylenes is 1. The largest absolute Gasteiger partial charge is 0.241 e. The van der Waals surface area contributed by atoms with Crippen molar-refractivity contribution in [2.75, 3.05) is 0 Å². The first kappa shape index (κ1) is 6.76. The summed E-state index contributed by atoms with van der Waals surface area (Å²) in [6.45, 7) is 2.00. The Hall–Kier alpha value is -1.36. The summed E-state index contributed by atoms with van der Waals surface area (Å²) in [6, 6.07) is 1.72. The molecular formula is C8H8N2. The second-order valence-corrected chi connectivity index (χ2v) is 1.86. The minimum atomic E-state index is 0.659. The van der Waals surface area contributed by atoms with Crippen LogP contribution in [0, 0.1) is 12.3 Å². The number of rotatable bonds is 1. The maximum absolute atomic E-state index is 5.13. The predicted molar refractivity (Wildman–Crippen MR) is 39.3 cm³/mol. The summed E-state index contributed by atoms with van der Waals surface area (Å²) in [7, 11) is 0. The highest BCUT2D eigenvalue weighted by Gasteiger charge is 1.91. The zero-order valence-corrected chi connectivity index (χ0v) is 5.83. The highest BCUT2D eigenvalue weighted by molar-refractivity contribution is 5.22. The van der Waals surface area contributed by atoms with Gasteiger partial charge in [-0.3, -0.25) is 0 Å². The summed E-state index contributed by atoms with van der Waals surface area (Å²) >= 11 is 0. The van der Waals surface area contributed by atoms with Gasteiger partial charge in [0, 0.05) is 12.6 Å². The summed E-state index contributed by atoms with van der Waals surface area (Å²) in [6.07, 6.45) is 7.64. The molecule has 0 amide bonds. The lowest BCUT2D eigenvalue weighted by Gasteiger charge is -1.92. The van der Waals surface area contributed by atoms with Crippen LogP contribution in [0.5, 0.6) is 0 Å². The van der Waals surface area contributed by atoms with E-state index in [1.54, 1.807) is 12.3 Å². The molecule has 0 aliphatic heterocycles. The number of aromatic nitrogens is 2. The summed E-state index contributed by atoms with van der Waals surface area (Å²) in [4.78, 5) is 8.06. The Kier molecular flexibility index (Phi) is 2.01. The van der Waals surface area contributed by atoms with Gasteiger partial charge in [-0.2, -0.15) is 0 Å². The van der Waals surface area contributed by atoms with Crippen molar-refractivity contribution >= 4 is 0 Å². The first-order chi connectivity index (χ1) is 4.86. The van der Waals surface area contributed by atoms with Crippen LogP contribution < -0.4 is 0 Å². The molecular weight excluding hydrogens is 124 g/mol. The summed E-state index contributed by atoms with van der Waals surface area (Å²) < 4.78 is 0. The molecule has 0 saturated heterocycles. The van der Waals surface area contributed by atoms with Crippen molar-refractivity contribution in [3.63, 3.8) is 0 Å². The number of hydrogen-bond acceptors (Lipinski definition) is 2. The normalized spacial score (nSPS) is 8.80. The standard InChI is InChI=1S/C8H8N2/c1-3-7-5-6-9-8(4-2)10-7/h1,5-6H,4H2,2H3. The monoisotopic (exact) mass is 132 g/mol. The Balaban J connectivity index is 3.01. The van der Waals surface area contributed by atoms with Crippen LogP contribution in [0.2, 0.25) is 0 Å². The maximum Gasteiger partial charge on any atom is 0.129 e. The Morgan fingerprint density at radius 1 is 1.70 bits per heavy atom. The van der Waals surface area contributed by atoms with Crippen molar-refractivity contribution in [2.24, 2.45) is 0 Å². The van der Waals surface area contributed by atoms with Gasteiger partial charge in [-0.15, -0.1) is 6.42 Å². The lowest BCUT2D eigenvalue weighted by molar-refractivity contribution is 0.932. The van der Waals surface area contributed by atoms with Crippen LogP contribution >= 0.6 is 0 Å². The van der Waals surface area contributed by atoms with Gasteiger partial charge < -0.3 is 0 Å². The van der Waals surface area contributed by atoms with Gasteiger partial charge in [-0.05, 0) is 6.07 Å². The second-order valence-electron chi connectivity index (χ2n) is 1.86. The van der Waals surface area contributed by atoms with Gasteiger partial charge in [0.25, 0.3) is 0 Å². The van der Waals surface area contributed by atoms with E-state index >= 15 is 0 Å². The Labute approximate surface area is 60.3 Å². The molecule has 0 fully saturated rings. The van der Waals surface area contributed by atoms with E-state index in [9.17, 15) is 0 Å². The van der Waals surface area contributed by atoms with Crippen LogP contribution in [0.4, 0.5) is 0 Å². The molecule has 50 valence electrons. The quantitative estimate of drug-likeness (QED) is 0.533. The third-order valence-electron chi connectivity index (χ3n) is 1.17. The molecule has 1 rings (SSSR count). The molecule has 0 radical (unpaired) electrons. The molecule has 0 saturated carbocycles. The maximum atomic E-state index is 5.13. The zero-order chi connectivity index (χ0) is 7.40. The average molecular weight is 132 g/mol. The van der Waals surface area contributed by atoms with E-state index in [4.69, 9.17) is 6.42 Å². The molecule has 0 aliphatic rings. The minimum absolute atomic E-state index is 0.659. The van der Waals surface area contributed by atoms with E-state index in [0.717, 1.165) is 12.2 Å². The van der Waals surface area contributed by atoms with Crippen LogP contribution in [0.3, 0.4) is 0 Å². The third kappa shape index (κ3) is 1.32. The van der Waals surface area contributed by atoms with Crippen LogP contribution in [-0.2, 0) is 6.42 Å². The second kappa shape index (κ2) is 2.98. The van der Waals surface area contributed by atoms with Crippen LogP contribution in [0.25, 0.3) is 0 Å². The Morgan fingerprint density at radius 2 is 2.50 bits per heavy atom. The van der Waals surface area contributed by atoms with Gasteiger partial charge >= 0.3 is 0 Å². The van der Waals surface area contributed by atoms with Crippen molar-refractivity contribution in [1.82, 2.24) is 9.97 Å². The smallest absolute Gasteiger partial charge is 0.129 e. The van der Waals surface area contributed by atoms with E-state index < -0.39 is 0 Å². The molecule has 0 N–H and O–H groups in total. The minimum Gasteiger partial charge on any atom is -0.241 e. The molecule has 1 heterocycles. The number of hydrogen-bond donors (Lipinski definition) is 0. The van der Waals surface area contributed by atoms with Gasteiger partial charge in [0.1, 0.15) is 11.5 Å². The molecule has 1 aromatic rings. The Morgan fingerprint density at radius 3 is 3.10 bits per heavy atom. The van der Waals surface area contributed by atoms with Crippen molar-refractivity contribution in [3.8, 4) is 12.3 Å². The molecule has 0 spiro atoms. The molecule has 2 nitrogen and oxygen atoms in total. The van der Waals surface area contributed by atoms with Crippen molar-refractivity contribution in [2.45, 2.75) is 13.3 Å². The number of aryl methyl sites for hydroxylation is 1. The molecule has 0 unspecified atom stereocenters. The highest BCUT2D eigenvalue weighted by atomic mass is 14.9. The molecule has 1 aromatic heterocycles. The third-order valence-corrected chi connectivity index (χ3v) is 1.17. The fourth-order valence-electron chi connectivity index (χ4n) is 0.650. The molecule has 0 aromatic carbocycles. The molecule has 2 heteroatoms. The summed E-state index contributed by atoms with van der Waals surface area (Å²) in [5.41, 5.74) is 0.659. The van der Waals surface area contributed by atoms with E-state index in [0.29, 0.717) is 5.69 Å². The van der Waals surface area contributed by atoms with Crippen LogP contribution in [0.1, 0.15) is 18.4 Å². The molecule has 0 aliphatic carbocycles. The van der Waals surface area contributed by atoms with Gasteiger partial charge in [0.2, 0.25) is 0 Å². The first-order valence-corrected chi connectivity index (χ1v) is 3.15. The fourth-order valence-corrected chi connectivity index (χ4v) is 0.650. The average Bonchev–Trinajstić information content (AvgIpc) is 2.05. The lowest BCUT2D eigenvalue weighted by atomic mass is 10.4.